The lowest BCUT2D eigenvalue weighted by Gasteiger charge is -2.08. The van der Waals surface area contributed by atoms with Crippen molar-refractivity contribution in [1.82, 2.24) is 0 Å². The number of carbonyl (C=O) groups is 1. The van der Waals surface area contributed by atoms with E-state index in [4.69, 9.17) is 11.1 Å². The summed E-state index contributed by atoms with van der Waals surface area (Å²) >= 11 is 2.50. The van der Waals surface area contributed by atoms with Gasteiger partial charge in [0.1, 0.15) is 5.84 Å². The van der Waals surface area contributed by atoms with Gasteiger partial charge in [0.2, 0.25) is 16.2 Å². The summed E-state index contributed by atoms with van der Waals surface area (Å²) in [4.78, 5) is 11.4. The fourth-order valence-electron chi connectivity index (χ4n) is 2.65. The van der Waals surface area contributed by atoms with Gasteiger partial charge in [-0.05, 0) is 47.7 Å². The molecule has 0 unspecified atom stereocenters. The highest BCUT2D eigenvalue weighted by atomic mass is 32.2. The van der Waals surface area contributed by atoms with E-state index >= 15 is 0 Å². The normalized spacial score (nSPS) is 11.2. The second kappa shape index (κ2) is 8.17. The number of sulfone groups is 1. The Labute approximate surface area is 171 Å². The molecular formula is C19H17N3O3S3. The third-order valence-corrected chi connectivity index (χ3v) is 8.31. The van der Waals surface area contributed by atoms with E-state index in [2.05, 4.69) is 5.32 Å². The lowest BCUT2D eigenvalue weighted by molar-refractivity contribution is -0.105. The molecular weight excluding hydrogens is 414 g/mol. The van der Waals surface area contributed by atoms with Crippen LogP contribution < -0.4 is 11.1 Å². The number of nitrogens with one attached hydrogen (secondary N) is 2. The van der Waals surface area contributed by atoms with Crippen molar-refractivity contribution in [1.29, 1.82) is 5.41 Å². The van der Waals surface area contributed by atoms with E-state index < -0.39 is 9.84 Å². The topological polar surface area (TPSA) is 113 Å². The van der Waals surface area contributed by atoms with Crippen LogP contribution in [-0.2, 0) is 14.6 Å². The number of amidine groups is 1. The molecule has 0 spiro atoms. The first-order valence-corrected chi connectivity index (χ1v) is 11.6. The second-order valence-electron chi connectivity index (χ2n) is 5.75. The van der Waals surface area contributed by atoms with Gasteiger partial charge in [-0.3, -0.25) is 10.2 Å². The van der Waals surface area contributed by atoms with Gasteiger partial charge < -0.3 is 11.1 Å². The van der Waals surface area contributed by atoms with E-state index in [0.717, 1.165) is 5.56 Å². The molecule has 144 valence electrons. The molecule has 0 aliphatic heterocycles. The summed E-state index contributed by atoms with van der Waals surface area (Å²) in [7, 11) is -3.78. The smallest absolute Gasteiger partial charge is 0.211 e. The first-order chi connectivity index (χ1) is 13.4. The van der Waals surface area contributed by atoms with Crippen molar-refractivity contribution in [3.63, 3.8) is 0 Å². The molecule has 1 amide bonds. The van der Waals surface area contributed by atoms with Gasteiger partial charge in [-0.15, -0.1) is 23.1 Å². The Morgan fingerprint density at radius 3 is 2.46 bits per heavy atom. The molecule has 1 aromatic heterocycles. The molecule has 1 heterocycles. The Hall–Kier alpha value is -2.62. The van der Waals surface area contributed by atoms with Crippen LogP contribution in [0.2, 0.25) is 0 Å². The molecule has 0 saturated heterocycles. The maximum absolute atomic E-state index is 13.2. The Balaban J connectivity index is 2.08. The predicted octanol–water partition coefficient (Wildman–Crippen LogP) is 3.82. The summed E-state index contributed by atoms with van der Waals surface area (Å²) in [5.41, 5.74) is 7.64. The van der Waals surface area contributed by atoms with Gasteiger partial charge >= 0.3 is 0 Å². The predicted molar refractivity (Wildman–Crippen MR) is 114 cm³/mol. The molecule has 3 rings (SSSR count). The number of rotatable bonds is 7. The molecule has 0 fully saturated rings. The van der Waals surface area contributed by atoms with Gasteiger partial charge in [-0.2, -0.15) is 0 Å². The minimum atomic E-state index is -3.78. The highest BCUT2D eigenvalue weighted by molar-refractivity contribution is 8.01. The largest absolute Gasteiger partial charge is 0.383 e. The first kappa shape index (κ1) is 20.1. The molecule has 0 radical (unpaired) electrons. The number of benzene rings is 2. The van der Waals surface area contributed by atoms with E-state index in [-0.39, 0.29) is 15.6 Å². The first-order valence-electron chi connectivity index (χ1n) is 8.05. The maximum atomic E-state index is 13.2. The Morgan fingerprint density at radius 1 is 1.14 bits per heavy atom. The number of hydrogen-bond donors (Lipinski definition) is 3. The van der Waals surface area contributed by atoms with Crippen LogP contribution in [0.5, 0.6) is 0 Å². The maximum Gasteiger partial charge on any atom is 0.211 e. The molecule has 9 heteroatoms. The zero-order chi connectivity index (χ0) is 20.3. The number of hydrogen-bond acceptors (Lipinski definition) is 6. The summed E-state index contributed by atoms with van der Waals surface area (Å²) in [6.45, 7) is 0. The lowest BCUT2D eigenvalue weighted by Crippen LogP contribution is -2.08. The molecule has 0 aliphatic carbocycles. The Bertz CT molecular complexity index is 1150. The van der Waals surface area contributed by atoms with Gasteiger partial charge in [0, 0.05) is 5.69 Å². The third kappa shape index (κ3) is 3.96. The van der Waals surface area contributed by atoms with Crippen LogP contribution in [0, 0.1) is 5.41 Å². The van der Waals surface area contributed by atoms with Crippen molar-refractivity contribution in [3.8, 4) is 11.1 Å². The van der Waals surface area contributed by atoms with E-state index in [0.29, 0.717) is 26.7 Å². The van der Waals surface area contributed by atoms with E-state index in [1.54, 1.807) is 42.7 Å². The number of thiophene rings is 1. The SMILES string of the molecule is CSc1sc(C(=N)N)cc1S(=O)(=O)c1cccc(-c2cccc(NC=O)c2)c1. The zero-order valence-electron chi connectivity index (χ0n) is 14.8. The third-order valence-electron chi connectivity index (χ3n) is 3.97. The lowest BCUT2D eigenvalue weighted by atomic mass is 10.1. The number of anilines is 1. The Morgan fingerprint density at radius 2 is 1.82 bits per heavy atom. The zero-order valence-corrected chi connectivity index (χ0v) is 17.2. The van der Waals surface area contributed by atoms with Crippen molar-refractivity contribution in [2.45, 2.75) is 14.0 Å². The van der Waals surface area contributed by atoms with Crippen LogP contribution in [0.4, 0.5) is 5.69 Å². The average molecular weight is 432 g/mol. The number of thioether (sulfide) groups is 1. The van der Waals surface area contributed by atoms with Gasteiger partial charge in [0.15, 0.2) is 0 Å². The average Bonchev–Trinajstić information content (AvgIpc) is 3.14. The minimum Gasteiger partial charge on any atom is -0.383 e. The fourth-order valence-corrected chi connectivity index (χ4v) is 6.55. The van der Waals surface area contributed by atoms with Crippen LogP contribution in [0.1, 0.15) is 4.88 Å². The molecule has 3 aromatic rings. The fraction of sp³-hybridized carbons (Fsp3) is 0.0526. The quantitative estimate of drug-likeness (QED) is 0.228. The number of nitrogens with two attached hydrogens (primary N) is 1. The highest BCUT2D eigenvalue weighted by Gasteiger charge is 2.25. The summed E-state index contributed by atoms with van der Waals surface area (Å²) in [6, 6.07) is 15.2. The van der Waals surface area contributed by atoms with Crippen LogP contribution in [-0.4, -0.2) is 26.9 Å². The summed E-state index contributed by atoms with van der Waals surface area (Å²) in [6.07, 6.45) is 2.38. The van der Waals surface area contributed by atoms with Crippen LogP contribution in [0.3, 0.4) is 0 Å². The molecule has 6 nitrogen and oxygen atoms in total. The summed E-state index contributed by atoms with van der Waals surface area (Å²) in [5.74, 6) is -0.157. The van der Waals surface area contributed by atoms with Crippen LogP contribution in [0.15, 0.2) is 68.6 Å². The van der Waals surface area contributed by atoms with Gasteiger partial charge in [0.25, 0.3) is 0 Å². The number of amides is 1. The van der Waals surface area contributed by atoms with Crippen molar-refractivity contribution >= 4 is 50.9 Å². The van der Waals surface area contributed by atoms with Gasteiger partial charge in [-0.1, -0.05) is 24.3 Å². The molecule has 28 heavy (non-hydrogen) atoms. The van der Waals surface area contributed by atoms with Crippen molar-refractivity contribution in [2.24, 2.45) is 5.73 Å². The van der Waals surface area contributed by atoms with Crippen molar-refractivity contribution < 1.29 is 13.2 Å². The monoisotopic (exact) mass is 431 g/mol. The van der Waals surface area contributed by atoms with E-state index in [9.17, 15) is 13.2 Å². The number of carbonyl (C=O) groups excluding carboxylic acids is 1. The second-order valence-corrected chi connectivity index (χ2v) is 9.80. The molecule has 0 aliphatic rings. The molecule has 0 saturated carbocycles. The minimum absolute atomic E-state index is 0.155. The number of nitrogen functional groups attached to an aromatic ring is 1. The van der Waals surface area contributed by atoms with Gasteiger partial charge in [-0.25, -0.2) is 8.42 Å². The van der Waals surface area contributed by atoms with Crippen LogP contribution >= 0.6 is 23.1 Å². The van der Waals surface area contributed by atoms with E-state index in [1.807, 2.05) is 12.1 Å². The highest BCUT2D eigenvalue weighted by Crippen LogP contribution is 2.37. The molecule has 0 atom stereocenters. The van der Waals surface area contributed by atoms with Gasteiger partial charge in [0.05, 0.1) is 18.9 Å². The summed E-state index contributed by atoms with van der Waals surface area (Å²) in [5, 5.41) is 10.2. The van der Waals surface area contributed by atoms with Crippen molar-refractivity contribution in [2.75, 3.05) is 11.6 Å². The molecule has 4 N–H and O–H groups in total. The summed E-state index contributed by atoms with van der Waals surface area (Å²) < 4.78 is 27.0. The van der Waals surface area contributed by atoms with Crippen molar-refractivity contribution in [3.05, 3.63) is 59.5 Å². The van der Waals surface area contributed by atoms with E-state index in [1.165, 1.54) is 29.2 Å². The molecule has 0 bridgehead atoms. The standard InChI is InChI=1S/C19H17N3O3S3/c1-26-19-17(10-16(27-19)18(20)21)28(24,25)15-7-3-5-13(9-15)12-4-2-6-14(8-12)22-11-23/h2-11H,1H3,(H3,20,21)(H,22,23). The van der Waals surface area contributed by atoms with Crippen LogP contribution in [0.25, 0.3) is 11.1 Å². The molecule has 2 aromatic carbocycles. The Kier molecular flexibility index (Phi) is 5.87.